The Kier molecular flexibility index (Phi) is 6.55. The first-order valence-electron chi connectivity index (χ1n) is 10.1. The van der Waals surface area contributed by atoms with Crippen molar-refractivity contribution in [2.75, 3.05) is 19.6 Å². The van der Waals surface area contributed by atoms with Gasteiger partial charge in [0.25, 0.3) is 0 Å². The predicted molar refractivity (Wildman–Crippen MR) is 108 cm³/mol. The smallest absolute Gasteiger partial charge is 0.147 e. The van der Waals surface area contributed by atoms with Crippen molar-refractivity contribution in [2.45, 2.75) is 65.1 Å². The third kappa shape index (κ3) is 3.91. The van der Waals surface area contributed by atoms with E-state index in [-0.39, 0.29) is 12.4 Å². The minimum absolute atomic E-state index is 0. The van der Waals surface area contributed by atoms with Crippen molar-refractivity contribution in [1.82, 2.24) is 34.8 Å². The van der Waals surface area contributed by atoms with Gasteiger partial charge in [0.05, 0.1) is 12.2 Å². The molecule has 2 aliphatic rings. The molecule has 0 aliphatic carbocycles. The Bertz CT molecular complexity index is 758. The van der Waals surface area contributed by atoms with E-state index in [1.54, 1.807) is 0 Å². The van der Waals surface area contributed by atoms with E-state index in [2.05, 4.69) is 50.6 Å². The SMILES string of the molecule is CCc1nn(C)c(CC)c1CN1CCC(c2nnc3n2CCNC3)CC1.Cl. The quantitative estimate of drug-likeness (QED) is 0.842. The number of nitrogens with one attached hydrogen (secondary N) is 1. The van der Waals surface area contributed by atoms with Crippen LogP contribution in [0.1, 0.15) is 61.2 Å². The average molecular weight is 394 g/mol. The van der Waals surface area contributed by atoms with Gasteiger partial charge in [-0.25, -0.2) is 0 Å². The molecular weight excluding hydrogens is 362 g/mol. The van der Waals surface area contributed by atoms with E-state index in [1.165, 1.54) is 35.6 Å². The molecule has 8 heteroatoms. The molecule has 0 radical (unpaired) electrons. The molecule has 4 rings (SSSR count). The van der Waals surface area contributed by atoms with E-state index < -0.39 is 0 Å². The van der Waals surface area contributed by atoms with Crippen LogP contribution in [-0.2, 0) is 39.5 Å². The van der Waals surface area contributed by atoms with Gasteiger partial charge in [-0.2, -0.15) is 5.10 Å². The van der Waals surface area contributed by atoms with Crippen LogP contribution in [-0.4, -0.2) is 49.1 Å². The minimum atomic E-state index is 0. The molecular formula is C19H32ClN7. The Morgan fingerprint density at radius 2 is 1.85 bits per heavy atom. The van der Waals surface area contributed by atoms with Crippen molar-refractivity contribution in [2.24, 2.45) is 7.05 Å². The zero-order valence-electron chi connectivity index (χ0n) is 16.7. The summed E-state index contributed by atoms with van der Waals surface area (Å²) in [6, 6.07) is 0. The van der Waals surface area contributed by atoms with Crippen LogP contribution in [0.25, 0.3) is 0 Å². The van der Waals surface area contributed by atoms with E-state index in [1.807, 2.05) is 0 Å². The van der Waals surface area contributed by atoms with Crippen molar-refractivity contribution < 1.29 is 0 Å². The monoisotopic (exact) mass is 393 g/mol. The largest absolute Gasteiger partial charge is 0.312 e. The number of aromatic nitrogens is 5. The molecule has 150 valence electrons. The minimum Gasteiger partial charge on any atom is -0.312 e. The summed E-state index contributed by atoms with van der Waals surface area (Å²) in [7, 11) is 2.08. The molecule has 0 atom stereocenters. The summed E-state index contributed by atoms with van der Waals surface area (Å²) >= 11 is 0. The van der Waals surface area contributed by atoms with Crippen LogP contribution in [0.3, 0.4) is 0 Å². The van der Waals surface area contributed by atoms with Crippen LogP contribution in [0.2, 0.25) is 0 Å². The van der Waals surface area contributed by atoms with Crippen molar-refractivity contribution in [3.63, 3.8) is 0 Å². The molecule has 2 aromatic rings. The molecule has 7 nitrogen and oxygen atoms in total. The normalized spacial score (nSPS) is 18.3. The summed E-state index contributed by atoms with van der Waals surface area (Å²) in [5.74, 6) is 2.87. The van der Waals surface area contributed by atoms with Crippen molar-refractivity contribution in [1.29, 1.82) is 0 Å². The lowest BCUT2D eigenvalue weighted by molar-refractivity contribution is 0.198. The maximum Gasteiger partial charge on any atom is 0.147 e. The third-order valence-corrected chi connectivity index (χ3v) is 6.01. The van der Waals surface area contributed by atoms with Gasteiger partial charge in [-0.1, -0.05) is 13.8 Å². The fourth-order valence-electron chi connectivity index (χ4n) is 4.56. The van der Waals surface area contributed by atoms with Crippen molar-refractivity contribution in [3.8, 4) is 0 Å². The van der Waals surface area contributed by atoms with Crippen LogP contribution in [0.4, 0.5) is 0 Å². The molecule has 0 amide bonds. The van der Waals surface area contributed by atoms with Crippen LogP contribution in [0.5, 0.6) is 0 Å². The number of piperidine rings is 1. The summed E-state index contributed by atoms with van der Waals surface area (Å²) in [6.07, 6.45) is 4.41. The van der Waals surface area contributed by atoms with Crippen LogP contribution < -0.4 is 5.32 Å². The second-order valence-corrected chi connectivity index (χ2v) is 7.56. The van der Waals surface area contributed by atoms with E-state index >= 15 is 0 Å². The number of hydrogen-bond acceptors (Lipinski definition) is 5. The van der Waals surface area contributed by atoms with Gasteiger partial charge in [0.2, 0.25) is 0 Å². The van der Waals surface area contributed by atoms with Gasteiger partial charge in [0.1, 0.15) is 11.6 Å². The summed E-state index contributed by atoms with van der Waals surface area (Å²) in [6.45, 7) is 10.6. The van der Waals surface area contributed by atoms with E-state index in [0.717, 1.165) is 57.9 Å². The lowest BCUT2D eigenvalue weighted by atomic mass is 9.95. The molecule has 0 bridgehead atoms. The average Bonchev–Trinajstić information content (AvgIpc) is 3.23. The molecule has 4 heterocycles. The highest BCUT2D eigenvalue weighted by atomic mass is 35.5. The highest BCUT2D eigenvalue weighted by Gasteiger charge is 2.28. The van der Waals surface area contributed by atoms with E-state index in [9.17, 15) is 0 Å². The van der Waals surface area contributed by atoms with Gasteiger partial charge in [-0.3, -0.25) is 9.58 Å². The fourth-order valence-corrected chi connectivity index (χ4v) is 4.56. The standard InChI is InChI=1S/C19H31N7.ClH/c1-4-16-15(17(5-2)24(3)23-16)13-25-9-6-14(7-10-25)19-22-21-18-12-20-8-11-26(18)19;/h14,20H,4-13H2,1-3H3;1H. The number of halogens is 1. The Morgan fingerprint density at radius 1 is 1.07 bits per heavy atom. The second-order valence-electron chi connectivity index (χ2n) is 7.56. The zero-order chi connectivity index (χ0) is 18.1. The number of likely N-dealkylation sites (tertiary alicyclic amines) is 1. The Hall–Kier alpha value is -1.44. The number of nitrogens with zero attached hydrogens (tertiary/aromatic N) is 6. The molecule has 0 aromatic carbocycles. The summed E-state index contributed by atoms with van der Waals surface area (Å²) in [4.78, 5) is 2.60. The van der Waals surface area contributed by atoms with Crippen molar-refractivity contribution in [3.05, 3.63) is 28.6 Å². The Balaban J connectivity index is 0.00000210. The first-order valence-corrected chi connectivity index (χ1v) is 10.1. The number of rotatable bonds is 5. The maximum absolute atomic E-state index is 4.73. The van der Waals surface area contributed by atoms with Crippen LogP contribution >= 0.6 is 12.4 Å². The molecule has 0 spiro atoms. The van der Waals surface area contributed by atoms with Gasteiger partial charge in [0, 0.05) is 43.9 Å². The van der Waals surface area contributed by atoms with Crippen LogP contribution in [0.15, 0.2) is 0 Å². The number of fused-ring (bicyclic) bond motifs is 1. The highest BCUT2D eigenvalue weighted by molar-refractivity contribution is 5.85. The van der Waals surface area contributed by atoms with Gasteiger partial charge in [0.15, 0.2) is 0 Å². The van der Waals surface area contributed by atoms with E-state index in [4.69, 9.17) is 5.10 Å². The topological polar surface area (TPSA) is 63.8 Å². The van der Waals surface area contributed by atoms with Gasteiger partial charge in [-0.05, 0) is 38.8 Å². The van der Waals surface area contributed by atoms with E-state index in [0.29, 0.717) is 5.92 Å². The number of aryl methyl sites for hydroxylation is 2. The summed E-state index contributed by atoms with van der Waals surface area (Å²) < 4.78 is 4.43. The van der Waals surface area contributed by atoms with Gasteiger partial charge >= 0.3 is 0 Å². The molecule has 27 heavy (non-hydrogen) atoms. The molecule has 0 unspecified atom stereocenters. The molecule has 1 N–H and O–H groups in total. The lowest BCUT2D eigenvalue weighted by Crippen LogP contribution is -2.35. The fraction of sp³-hybridized carbons (Fsp3) is 0.737. The van der Waals surface area contributed by atoms with Crippen molar-refractivity contribution >= 4 is 12.4 Å². The maximum atomic E-state index is 4.73. The molecule has 2 aromatic heterocycles. The first-order chi connectivity index (χ1) is 12.7. The molecule has 1 saturated heterocycles. The van der Waals surface area contributed by atoms with Crippen LogP contribution in [0, 0.1) is 0 Å². The van der Waals surface area contributed by atoms with Gasteiger partial charge in [-0.15, -0.1) is 22.6 Å². The molecule has 2 aliphatic heterocycles. The zero-order valence-corrected chi connectivity index (χ0v) is 17.6. The summed E-state index contributed by atoms with van der Waals surface area (Å²) in [5, 5.41) is 17.0. The Morgan fingerprint density at radius 3 is 2.56 bits per heavy atom. The molecule has 1 fully saturated rings. The van der Waals surface area contributed by atoms with Gasteiger partial charge < -0.3 is 9.88 Å². The molecule has 0 saturated carbocycles. The summed E-state index contributed by atoms with van der Waals surface area (Å²) in [5.41, 5.74) is 4.12. The predicted octanol–water partition coefficient (Wildman–Crippen LogP) is 2.04. The third-order valence-electron chi connectivity index (χ3n) is 6.01. The lowest BCUT2D eigenvalue weighted by Gasteiger charge is -2.32. The second kappa shape index (κ2) is 8.71. The number of hydrogen-bond donors (Lipinski definition) is 1. The Labute approximate surface area is 167 Å². The first kappa shape index (κ1) is 20.3. The highest BCUT2D eigenvalue weighted by Crippen LogP contribution is 2.29.